The molecule has 1 unspecified atom stereocenters. The molecule has 0 radical (unpaired) electrons. The van der Waals surface area contributed by atoms with Gasteiger partial charge in [0.1, 0.15) is 0 Å². The molecule has 106 valence electrons. The van der Waals surface area contributed by atoms with Gasteiger partial charge in [-0.2, -0.15) is 0 Å². The Morgan fingerprint density at radius 2 is 1.75 bits per heavy atom. The van der Waals surface area contributed by atoms with E-state index in [4.69, 9.17) is 0 Å². The Hall–Kier alpha value is -1.88. The molecule has 1 N–H and O–H groups in total. The van der Waals surface area contributed by atoms with Gasteiger partial charge in [-0.1, -0.05) is 13.0 Å². The summed E-state index contributed by atoms with van der Waals surface area (Å²) < 4.78 is 40.4. The molecule has 0 saturated carbocycles. The van der Waals surface area contributed by atoms with Crippen molar-refractivity contribution < 1.29 is 13.2 Å². The Kier molecular flexibility index (Phi) is 4.74. The highest BCUT2D eigenvalue weighted by Gasteiger charge is 2.21. The number of rotatable bonds is 5. The van der Waals surface area contributed by atoms with Crippen LogP contribution in [0.15, 0.2) is 36.7 Å². The van der Waals surface area contributed by atoms with Crippen LogP contribution in [0.2, 0.25) is 0 Å². The molecule has 0 aliphatic heterocycles. The summed E-state index contributed by atoms with van der Waals surface area (Å²) >= 11 is 0. The molecule has 0 fully saturated rings. The zero-order valence-electron chi connectivity index (χ0n) is 11.0. The Morgan fingerprint density at radius 1 is 1.05 bits per heavy atom. The van der Waals surface area contributed by atoms with Crippen LogP contribution in [0.5, 0.6) is 0 Å². The number of hydrogen-bond acceptors (Lipinski definition) is 2. The van der Waals surface area contributed by atoms with E-state index in [0.29, 0.717) is 6.54 Å². The highest BCUT2D eigenvalue weighted by molar-refractivity contribution is 5.32. The van der Waals surface area contributed by atoms with Crippen LogP contribution in [-0.2, 0) is 0 Å². The van der Waals surface area contributed by atoms with Gasteiger partial charge in [-0.05, 0) is 36.7 Å². The highest BCUT2D eigenvalue weighted by Crippen LogP contribution is 2.26. The third-order valence-corrected chi connectivity index (χ3v) is 3.01. The average molecular weight is 280 g/mol. The lowest BCUT2D eigenvalue weighted by Gasteiger charge is -2.20. The summed E-state index contributed by atoms with van der Waals surface area (Å²) in [6.45, 7) is 2.60. The summed E-state index contributed by atoms with van der Waals surface area (Å²) in [6, 6.07) is 5.10. The quantitative estimate of drug-likeness (QED) is 0.847. The normalized spacial score (nSPS) is 12.4. The Bertz CT molecular complexity index is 573. The molecule has 0 spiro atoms. The van der Waals surface area contributed by atoms with Crippen LogP contribution in [-0.4, -0.2) is 11.5 Å². The predicted octanol–water partition coefficient (Wildman–Crippen LogP) is 3.59. The fraction of sp³-hybridized carbons (Fsp3) is 0.267. The molecular formula is C15H15F3N2. The summed E-state index contributed by atoms with van der Waals surface area (Å²) in [6.07, 6.45) is 3.99. The van der Waals surface area contributed by atoms with Gasteiger partial charge in [0.15, 0.2) is 17.5 Å². The maximum absolute atomic E-state index is 14.0. The second kappa shape index (κ2) is 6.52. The van der Waals surface area contributed by atoms with E-state index in [0.717, 1.165) is 18.1 Å². The average Bonchev–Trinajstić information content (AvgIpc) is 2.48. The van der Waals surface area contributed by atoms with Crippen LogP contribution >= 0.6 is 0 Å². The van der Waals surface area contributed by atoms with Crippen LogP contribution in [0.1, 0.15) is 30.5 Å². The molecule has 2 aromatic rings. The number of nitrogens with zero attached hydrogens (tertiary/aromatic N) is 1. The molecule has 1 aromatic carbocycles. The highest BCUT2D eigenvalue weighted by atomic mass is 19.2. The molecule has 1 atom stereocenters. The van der Waals surface area contributed by atoms with Crippen molar-refractivity contribution in [3.8, 4) is 0 Å². The first-order valence-corrected chi connectivity index (χ1v) is 6.41. The van der Waals surface area contributed by atoms with E-state index in [9.17, 15) is 13.2 Å². The number of halogens is 3. The zero-order chi connectivity index (χ0) is 14.5. The molecule has 0 aliphatic carbocycles. The minimum atomic E-state index is -1.44. The maximum Gasteiger partial charge on any atom is 0.194 e. The summed E-state index contributed by atoms with van der Waals surface area (Å²) in [4.78, 5) is 3.90. The second-order valence-electron chi connectivity index (χ2n) is 4.43. The molecule has 1 heterocycles. The SMILES string of the molecule is CCCNC(c1ccncc1)c1ccc(F)c(F)c1F. The second-order valence-corrected chi connectivity index (χ2v) is 4.43. The lowest BCUT2D eigenvalue weighted by Crippen LogP contribution is -2.24. The minimum absolute atomic E-state index is 0.0866. The van der Waals surface area contributed by atoms with Crippen molar-refractivity contribution in [3.63, 3.8) is 0 Å². The van der Waals surface area contributed by atoms with Crippen molar-refractivity contribution in [2.24, 2.45) is 0 Å². The fourth-order valence-corrected chi connectivity index (χ4v) is 2.02. The predicted molar refractivity (Wildman–Crippen MR) is 70.7 cm³/mol. The molecule has 2 nitrogen and oxygen atoms in total. The third kappa shape index (κ3) is 2.99. The first-order chi connectivity index (χ1) is 9.65. The number of pyridine rings is 1. The molecule has 0 bridgehead atoms. The van der Waals surface area contributed by atoms with E-state index in [2.05, 4.69) is 10.3 Å². The Balaban J connectivity index is 2.44. The van der Waals surface area contributed by atoms with Crippen LogP contribution in [0.4, 0.5) is 13.2 Å². The lowest BCUT2D eigenvalue weighted by molar-refractivity contribution is 0.432. The molecule has 5 heteroatoms. The van der Waals surface area contributed by atoms with Crippen molar-refractivity contribution in [1.29, 1.82) is 0 Å². The van der Waals surface area contributed by atoms with Crippen molar-refractivity contribution in [2.75, 3.05) is 6.54 Å². The van der Waals surface area contributed by atoms with Gasteiger partial charge >= 0.3 is 0 Å². The third-order valence-electron chi connectivity index (χ3n) is 3.01. The zero-order valence-corrected chi connectivity index (χ0v) is 11.0. The van der Waals surface area contributed by atoms with Gasteiger partial charge in [-0.25, -0.2) is 13.2 Å². The Labute approximate surface area is 115 Å². The van der Waals surface area contributed by atoms with Gasteiger partial charge in [0.05, 0.1) is 6.04 Å². The van der Waals surface area contributed by atoms with E-state index in [1.165, 1.54) is 6.07 Å². The molecule has 2 rings (SSSR count). The van der Waals surface area contributed by atoms with Gasteiger partial charge in [0, 0.05) is 18.0 Å². The molecule has 1 aromatic heterocycles. The smallest absolute Gasteiger partial charge is 0.194 e. The van der Waals surface area contributed by atoms with Crippen LogP contribution in [0.25, 0.3) is 0 Å². The van der Waals surface area contributed by atoms with Crippen molar-refractivity contribution in [2.45, 2.75) is 19.4 Å². The van der Waals surface area contributed by atoms with Crippen LogP contribution < -0.4 is 5.32 Å². The molecule has 0 amide bonds. The minimum Gasteiger partial charge on any atom is -0.306 e. The molecule has 20 heavy (non-hydrogen) atoms. The molecule has 0 saturated heterocycles. The van der Waals surface area contributed by atoms with Crippen LogP contribution in [0.3, 0.4) is 0 Å². The van der Waals surface area contributed by atoms with Gasteiger partial charge < -0.3 is 5.32 Å². The van der Waals surface area contributed by atoms with E-state index in [-0.39, 0.29) is 5.56 Å². The van der Waals surface area contributed by atoms with Gasteiger partial charge in [0.2, 0.25) is 0 Å². The topological polar surface area (TPSA) is 24.9 Å². The van der Waals surface area contributed by atoms with E-state index >= 15 is 0 Å². The first kappa shape index (κ1) is 14.5. The van der Waals surface area contributed by atoms with Gasteiger partial charge in [0.25, 0.3) is 0 Å². The first-order valence-electron chi connectivity index (χ1n) is 6.41. The lowest BCUT2D eigenvalue weighted by atomic mass is 9.98. The standard InChI is InChI=1S/C15H15F3N2/c1-2-7-20-15(10-5-8-19-9-6-10)11-3-4-12(16)14(18)13(11)17/h3-6,8-9,15,20H,2,7H2,1H3. The largest absolute Gasteiger partial charge is 0.306 e. The monoisotopic (exact) mass is 280 g/mol. The van der Waals surface area contributed by atoms with E-state index in [1.807, 2.05) is 6.92 Å². The molecular weight excluding hydrogens is 265 g/mol. The number of hydrogen-bond donors (Lipinski definition) is 1. The summed E-state index contributed by atoms with van der Waals surface area (Å²) in [5.41, 5.74) is 0.835. The number of benzene rings is 1. The number of aromatic nitrogens is 1. The van der Waals surface area contributed by atoms with Gasteiger partial charge in [-0.15, -0.1) is 0 Å². The summed E-state index contributed by atoms with van der Waals surface area (Å²) in [5, 5.41) is 3.13. The summed E-state index contributed by atoms with van der Waals surface area (Å²) in [5.74, 6) is -3.79. The van der Waals surface area contributed by atoms with E-state index < -0.39 is 23.5 Å². The van der Waals surface area contributed by atoms with Crippen LogP contribution in [0, 0.1) is 17.5 Å². The fourth-order valence-electron chi connectivity index (χ4n) is 2.02. The molecule has 0 aliphatic rings. The van der Waals surface area contributed by atoms with Crippen molar-refractivity contribution in [3.05, 3.63) is 65.2 Å². The number of nitrogens with one attached hydrogen (secondary N) is 1. The van der Waals surface area contributed by atoms with E-state index in [1.54, 1.807) is 24.5 Å². The maximum atomic E-state index is 14.0. The van der Waals surface area contributed by atoms with Gasteiger partial charge in [-0.3, -0.25) is 4.98 Å². The summed E-state index contributed by atoms with van der Waals surface area (Å²) in [7, 11) is 0. The van der Waals surface area contributed by atoms with Crippen molar-refractivity contribution >= 4 is 0 Å². The Morgan fingerprint density at radius 3 is 2.40 bits per heavy atom. The van der Waals surface area contributed by atoms with Crippen molar-refractivity contribution in [1.82, 2.24) is 10.3 Å².